The number of hydrogen-bond acceptors (Lipinski definition) is 1. The molecule has 0 aliphatic heterocycles. The van der Waals surface area contributed by atoms with Gasteiger partial charge in [-0.3, -0.25) is 4.99 Å². The lowest BCUT2D eigenvalue weighted by Gasteiger charge is -2.12. The van der Waals surface area contributed by atoms with Crippen LogP contribution in [0.1, 0.15) is 59.8 Å². The molecule has 0 radical (unpaired) electrons. The Balaban J connectivity index is 4.53. The third-order valence-corrected chi connectivity index (χ3v) is 2.81. The van der Waals surface area contributed by atoms with E-state index in [-0.39, 0.29) is 5.83 Å². The number of amidine groups is 1. The molecule has 1 N–H and O–H groups in total. The largest absolute Gasteiger partial charge is 0.348 e. The summed E-state index contributed by atoms with van der Waals surface area (Å²) in [4.78, 5) is 4.65. The average Bonchev–Trinajstić information content (AvgIpc) is 2.37. The summed E-state index contributed by atoms with van der Waals surface area (Å²) in [7, 11) is 0. The summed E-state index contributed by atoms with van der Waals surface area (Å²) in [5.41, 5.74) is 0.427. The Labute approximate surface area is 111 Å². The van der Waals surface area contributed by atoms with Crippen molar-refractivity contribution in [1.82, 2.24) is 5.32 Å². The molecule has 0 aromatic rings. The molecule has 0 aromatic carbocycles. The van der Waals surface area contributed by atoms with Crippen molar-refractivity contribution in [2.75, 3.05) is 0 Å². The van der Waals surface area contributed by atoms with E-state index in [0.29, 0.717) is 11.6 Å². The molecule has 0 fully saturated rings. The van der Waals surface area contributed by atoms with Crippen molar-refractivity contribution in [3.8, 4) is 0 Å². The average molecular weight is 254 g/mol. The van der Waals surface area contributed by atoms with E-state index in [1.165, 1.54) is 19.0 Å². The molecule has 1 unspecified atom stereocenters. The summed E-state index contributed by atoms with van der Waals surface area (Å²) in [6, 6.07) is 0.341. The number of halogens is 1. The number of aliphatic imine (C=N–C) groups is 1. The van der Waals surface area contributed by atoms with Crippen LogP contribution < -0.4 is 5.32 Å². The number of hydrogen-bond donors (Lipinski definition) is 1. The summed E-state index contributed by atoms with van der Waals surface area (Å²) in [6.45, 7) is 11.5. The normalized spacial score (nSPS) is 14.5. The van der Waals surface area contributed by atoms with Crippen molar-refractivity contribution >= 4 is 5.84 Å². The van der Waals surface area contributed by atoms with Crippen molar-refractivity contribution in [3.05, 3.63) is 24.2 Å². The molecule has 0 aliphatic rings. The third kappa shape index (κ3) is 7.25. The number of unbranched alkanes of at least 4 members (excludes halogenated alkanes) is 1. The first-order valence-corrected chi connectivity index (χ1v) is 6.89. The molecular weight excluding hydrogens is 227 g/mol. The van der Waals surface area contributed by atoms with E-state index in [1.54, 1.807) is 6.92 Å². The topological polar surface area (TPSA) is 24.4 Å². The maximum atomic E-state index is 13.3. The van der Waals surface area contributed by atoms with Gasteiger partial charge in [0, 0.05) is 12.6 Å². The minimum atomic E-state index is -0.322. The van der Waals surface area contributed by atoms with Crippen LogP contribution in [-0.2, 0) is 0 Å². The van der Waals surface area contributed by atoms with Gasteiger partial charge in [0.1, 0.15) is 11.7 Å². The van der Waals surface area contributed by atoms with Crippen molar-refractivity contribution in [2.45, 2.75) is 65.8 Å². The molecule has 1 atom stereocenters. The first-order valence-electron chi connectivity index (χ1n) is 6.89. The summed E-state index contributed by atoms with van der Waals surface area (Å²) >= 11 is 0. The van der Waals surface area contributed by atoms with E-state index < -0.39 is 0 Å². The lowest BCUT2D eigenvalue weighted by atomic mass is 10.1. The van der Waals surface area contributed by atoms with E-state index in [4.69, 9.17) is 0 Å². The molecule has 0 saturated heterocycles. The molecule has 18 heavy (non-hydrogen) atoms. The number of rotatable bonds is 8. The van der Waals surface area contributed by atoms with Crippen LogP contribution in [0, 0.1) is 0 Å². The van der Waals surface area contributed by atoms with Gasteiger partial charge in [-0.05, 0) is 25.3 Å². The Morgan fingerprint density at radius 2 is 2.06 bits per heavy atom. The Bertz CT molecular complexity index is 306. The van der Waals surface area contributed by atoms with Crippen LogP contribution in [0.25, 0.3) is 0 Å². The fraction of sp³-hybridized carbons (Fsp3) is 0.667. The number of allylic oxidation sites excluding steroid dienone is 2. The monoisotopic (exact) mass is 254 g/mol. The Morgan fingerprint density at radius 3 is 2.50 bits per heavy atom. The molecule has 104 valence electrons. The summed E-state index contributed by atoms with van der Waals surface area (Å²) in [5, 5.41) is 2.94. The first-order chi connectivity index (χ1) is 8.54. The predicted octanol–water partition coefficient (Wildman–Crippen LogP) is 4.74. The minimum absolute atomic E-state index is 0.322. The zero-order valence-corrected chi connectivity index (χ0v) is 12.2. The fourth-order valence-electron chi connectivity index (χ4n) is 1.52. The van der Waals surface area contributed by atoms with Crippen LogP contribution in [0.15, 0.2) is 29.2 Å². The molecule has 0 amide bonds. The smallest absolute Gasteiger partial charge is 0.141 e. The molecule has 0 spiro atoms. The van der Waals surface area contributed by atoms with E-state index in [9.17, 15) is 4.39 Å². The Kier molecular flexibility index (Phi) is 9.25. The van der Waals surface area contributed by atoms with Gasteiger partial charge in [0.15, 0.2) is 0 Å². The van der Waals surface area contributed by atoms with Crippen molar-refractivity contribution in [3.63, 3.8) is 0 Å². The van der Waals surface area contributed by atoms with Crippen molar-refractivity contribution < 1.29 is 4.39 Å². The van der Waals surface area contributed by atoms with Crippen LogP contribution in [0.2, 0.25) is 0 Å². The van der Waals surface area contributed by atoms with Crippen LogP contribution in [0.5, 0.6) is 0 Å². The van der Waals surface area contributed by atoms with Gasteiger partial charge in [-0.2, -0.15) is 0 Å². The summed E-state index contributed by atoms with van der Waals surface area (Å²) < 4.78 is 13.3. The lowest BCUT2D eigenvalue weighted by Crippen LogP contribution is -2.20. The maximum absolute atomic E-state index is 13.3. The molecule has 0 rings (SSSR count). The van der Waals surface area contributed by atoms with Gasteiger partial charge in [-0.25, -0.2) is 4.39 Å². The highest BCUT2D eigenvalue weighted by Crippen LogP contribution is 2.10. The van der Waals surface area contributed by atoms with Gasteiger partial charge in [0.25, 0.3) is 0 Å². The van der Waals surface area contributed by atoms with Crippen LogP contribution in [0.4, 0.5) is 4.39 Å². The van der Waals surface area contributed by atoms with Gasteiger partial charge >= 0.3 is 0 Å². The fourth-order valence-corrected chi connectivity index (χ4v) is 1.52. The SMILES string of the molecule is C=C(C)/C(F)=C\NC(CC)=NC(CC)CCCC. The van der Waals surface area contributed by atoms with E-state index in [1.807, 2.05) is 6.92 Å². The second kappa shape index (κ2) is 9.86. The number of nitrogens with zero attached hydrogens (tertiary/aromatic N) is 1. The highest BCUT2D eigenvalue weighted by molar-refractivity contribution is 5.83. The van der Waals surface area contributed by atoms with Gasteiger partial charge in [-0.15, -0.1) is 0 Å². The zero-order valence-electron chi connectivity index (χ0n) is 12.2. The molecule has 0 saturated carbocycles. The standard InChI is InChI=1S/C15H27FN2/c1-6-9-10-13(7-2)18-15(8-3)17-11-14(16)12(4)5/h11,13H,4,6-10H2,1-3,5H3,(H,17,18)/b14-11+. The molecule has 0 aromatic heterocycles. The van der Waals surface area contributed by atoms with Crippen LogP contribution >= 0.6 is 0 Å². The second-order valence-electron chi connectivity index (χ2n) is 4.55. The van der Waals surface area contributed by atoms with Gasteiger partial charge < -0.3 is 5.32 Å². The Hall–Kier alpha value is -1.12. The zero-order chi connectivity index (χ0) is 14.0. The van der Waals surface area contributed by atoms with Gasteiger partial charge in [-0.1, -0.05) is 40.2 Å². The van der Waals surface area contributed by atoms with Gasteiger partial charge in [0.05, 0.1) is 6.04 Å². The summed E-state index contributed by atoms with van der Waals surface area (Å²) in [6.07, 6.45) is 6.63. The van der Waals surface area contributed by atoms with E-state index in [2.05, 4.69) is 30.7 Å². The highest BCUT2D eigenvalue weighted by Gasteiger charge is 2.05. The molecule has 2 nitrogen and oxygen atoms in total. The second-order valence-corrected chi connectivity index (χ2v) is 4.55. The Morgan fingerprint density at radius 1 is 1.39 bits per heavy atom. The van der Waals surface area contributed by atoms with Crippen LogP contribution in [0.3, 0.4) is 0 Å². The maximum Gasteiger partial charge on any atom is 0.141 e. The van der Waals surface area contributed by atoms with E-state index >= 15 is 0 Å². The quantitative estimate of drug-likeness (QED) is 0.377. The molecule has 0 aliphatic carbocycles. The molecular formula is C15H27FN2. The van der Waals surface area contributed by atoms with Crippen molar-refractivity contribution in [1.29, 1.82) is 0 Å². The molecule has 0 bridgehead atoms. The lowest BCUT2D eigenvalue weighted by molar-refractivity contribution is 0.562. The highest BCUT2D eigenvalue weighted by atomic mass is 19.1. The van der Waals surface area contributed by atoms with Crippen molar-refractivity contribution in [2.24, 2.45) is 4.99 Å². The van der Waals surface area contributed by atoms with E-state index in [0.717, 1.165) is 25.1 Å². The summed E-state index contributed by atoms with van der Waals surface area (Å²) in [5.74, 6) is 0.520. The van der Waals surface area contributed by atoms with Crippen LogP contribution in [-0.4, -0.2) is 11.9 Å². The third-order valence-electron chi connectivity index (χ3n) is 2.81. The minimum Gasteiger partial charge on any atom is -0.348 e. The predicted molar refractivity (Wildman–Crippen MR) is 78.5 cm³/mol. The molecule has 0 heterocycles. The number of nitrogens with one attached hydrogen (secondary N) is 1. The van der Waals surface area contributed by atoms with Gasteiger partial charge in [0.2, 0.25) is 0 Å². The molecule has 3 heteroatoms. The first kappa shape index (κ1) is 16.9.